The lowest BCUT2D eigenvalue weighted by Crippen LogP contribution is -2.26. The average Bonchev–Trinajstić information content (AvgIpc) is 3.10. The van der Waals surface area contributed by atoms with E-state index in [1.807, 2.05) is 28.8 Å². The van der Waals surface area contributed by atoms with Crippen molar-refractivity contribution >= 4 is 23.5 Å². The van der Waals surface area contributed by atoms with Crippen molar-refractivity contribution in [3.8, 4) is 0 Å². The monoisotopic (exact) mass is 408 g/mol. The molecule has 0 aliphatic carbocycles. The van der Waals surface area contributed by atoms with E-state index in [-0.39, 0.29) is 5.56 Å². The second-order valence-corrected chi connectivity index (χ2v) is 9.59. The van der Waals surface area contributed by atoms with Crippen LogP contribution in [-0.4, -0.2) is 20.6 Å². The van der Waals surface area contributed by atoms with E-state index in [1.165, 1.54) is 11.1 Å². The standard InChI is InChI=1S/C23H24N2OS2/c1-17-16-20-21(28-17)22(26)25(14-12-18-8-4-2-5-9-18)23(24-20)27-15-13-19-10-6-3-7-11-19/h2-11,17H,12-16H2,1H3. The van der Waals surface area contributed by atoms with Gasteiger partial charge in [0, 0.05) is 24.0 Å². The second-order valence-electron chi connectivity index (χ2n) is 7.08. The Hall–Kier alpha value is -1.98. The van der Waals surface area contributed by atoms with E-state index < -0.39 is 0 Å². The van der Waals surface area contributed by atoms with E-state index in [1.54, 1.807) is 23.5 Å². The van der Waals surface area contributed by atoms with Crippen LogP contribution in [-0.2, 0) is 25.8 Å². The Morgan fingerprint density at radius 2 is 1.68 bits per heavy atom. The van der Waals surface area contributed by atoms with Crippen LogP contribution in [0.25, 0.3) is 0 Å². The molecule has 2 aromatic carbocycles. The van der Waals surface area contributed by atoms with Gasteiger partial charge in [-0.25, -0.2) is 4.98 Å². The predicted octanol–water partition coefficient (Wildman–Crippen LogP) is 4.86. The molecule has 2 heterocycles. The van der Waals surface area contributed by atoms with Gasteiger partial charge in [-0.1, -0.05) is 79.3 Å². The maximum absolute atomic E-state index is 13.2. The molecule has 1 atom stereocenters. The highest BCUT2D eigenvalue weighted by molar-refractivity contribution is 8.00. The molecule has 1 aliphatic heterocycles. The van der Waals surface area contributed by atoms with Crippen molar-refractivity contribution in [1.29, 1.82) is 0 Å². The summed E-state index contributed by atoms with van der Waals surface area (Å²) in [6.07, 6.45) is 2.71. The van der Waals surface area contributed by atoms with Crippen molar-refractivity contribution in [2.24, 2.45) is 0 Å². The van der Waals surface area contributed by atoms with Crippen molar-refractivity contribution in [3.63, 3.8) is 0 Å². The smallest absolute Gasteiger partial charge is 0.268 e. The zero-order chi connectivity index (χ0) is 19.3. The summed E-state index contributed by atoms with van der Waals surface area (Å²) in [4.78, 5) is 18.9. The molecule has 0 fully saturated rings. The van der Waals surface area contributed by atoms with Crippen LogP contribution in [0.3, 0.4) is 0 Å². The zero-order valence-corrected chi connectivity index (χ0v) is 17.6. The highest BCUT2D eigenvalue weighted by Gasteiger charge is 2.26. The fourth-order valence-electron chi connectivity index (χ4n) is 3.43. The summed E-state index contributed by atoms with van der Waals surface area (Å²) in [5.74, 6) is 0.920. The van der Waals surface area contributed by atoms with Crippen molar-refractivity contribution in [2.75, 3.05) is 5.75 Å². The van der Waals surface area contributed by atoms with Crippen LogP contribution in [0.1, 0.15) is 23.7 Å². The first-order valence-electron chi connectivity index (χ1n) is 9.72. The maximum Gasteiger partial charge on any atom is 0.268 e. The fraction of sp³-hybridized carbons (Fsp3) is 0.304. The van der Waals surface area contributed by atoms with Gasteiger partial charge in [0.2, 0.25) is 0 Å². The van der Waals surface area contributed by atoms with E-state index >= 15 is 0 Å². The minimum absolute atomic E-state index is 0.137. The second kappa shape index (κ2) is 9.01. The molecule has 1 aliphatic rings. The van der Waals surface area contributed by atoms with Crippen molar-refractivity contribution in [1.82, 2.24) is 9.55 Å². The van der Waals surface area contributed by atoms with E-state index in [0.717, 1.165) is 40.8 Å². The maximum atomic E-state index is 13.2. The topological polar surface area (TPSA) is 34.9 Å². The summed E-state index contributed by atoms with van der Waals surface area (Å²) >= 11 is 3.38. The number of hydrogen-bond acceptors (Lipinski definition) is 4. The third-order valence-electron chi connectivity index (χ3n) is 4.89. The van der Waals surface area contributed by atoms with Crippen molar-refractivity contribution < 1.29 is 0 Å². The van der Waals surface area contributed by atoms with E-state index in [2.05, 4.69) is 43.3 Å². The lowest BCUT2D eigenvalue weighted by atomic mass is 10.1. The number of benzene rings is 2. The van der Waals surface area contributed by atoms with E-state index in [9.17, 15) is 4.79 Å². The predicted molar refractivity (Wildman–Crippen MR) is 119 cm³/mol. The third-order valence-corrected chi connectivity index (χ3v) is 7.09. The molecule has 0 N–H and O–H groups in total. The van der Waals surface area contributed by atoms with Crippen LogP contribution in [0.2, 0.25) is 0 Å². The molecule has 3 nitrogen and oxygen atoms in total. The van der Waals surface area contributed by atoms with Gasteiger partial charge >= 0.3 is 0 Å². The van der Waals surface area contributed by atoms with Crippen LogP contribution < -0.4 is 5.56 Å². The molecule has 0 saturated carbocycles. The first kappa shape index (κ1) is 19.3. The minimum atomic E-state index is 0.137. The lowest BCUT2D eigenvalue weighted by Gasteiger charge is -2.14. The highest BCUT2D eigenvalue weighted by Crippen LogP contribution is 2.34. The molecule has 1 unspecified atom stereocenters. The van der Waals surface area contributed by atoms with Gasteiger partial charge in [0.1, 0.15) is 0 Å². The average molecular weight is 409 g/mol. The fourth-order valence-corrected chi connectivity index (χ4v) is 5.57. The van der Waals surface area contributed by atoms with Gasteiger partial charge in [0.15, 0.2) is 5.16 Å². The van der Waals surface area contributed by atoms with Gasteiger partial charge in [0.25, 0.3) is 5.56 Å². The van der Waals surface area contributed by atoms with Gasteiger partial charge in [-0.2, -0.15) is 0 Å². The van der Waals surface area contributed by atoms with Gasteiger partial charge in [-0.3, -0.25) is 9.36 Å². The molecule has 0 radical (unpaired) electrons. The number of hydrogen-bond donors (Lipinski definition) is 0. The number of fused-ring (bicyclic) bond motifs is 1. The molecular weight excluding hydrogens is 384 g/mol. The van der Waals surface area contributed by atoms with Crippen LogP contribution in [0.5, 0.6) is 0 Å². The number of aromatic nitrogens is 2. The molecule has 28 heavy (non-hydrogen) atoms. The van der Waals surface area contributed by atoms with Gasteiger partial charge < -0.3 is 0 Å². The first-order valence-corrected chi connectivity index (χ1v) is 11.6. The van der Waals surface area contributed by atoms with Crippen LogP contribution in [0, 0.1) is 0 Å². The summed E-state index contributed by atoms with van der Waals surface area (Å²) in [7, 11) is 0. The first-order chi connectivity index (χ1) is 13.7. The summed E-state index contributed by atoms with van der Waals surface area (Å²) in [5.41, 5.74) is 3.69. The zero-order valence-electron chi connectivity index (χ0n) is 16.0. The molecule has 4 rings (SSSR count). The van der Waals surface area contributed by atoms with Crippen LogP contribution in [0.15, 0.2) is 75.5 Å². The molecule has 0 saturated heterocycles. The van der Waals surface area contributed by atoms with Gasteiger partial charge in [-0.05, 0) is 24.0 Å². The third kappa shape index (κ3) is 4.53. The highest BCUT2D eigenvalue weighted by atomic mass is 32.2. The SMILES string of the molecule is CC1Cc2nc(SCCc3ccccc3)n(CCc3ccccc3)c(=O)c2S1. The Bertz CT molecular complexity index is 987. The largest absolute Gasteiger partial charge is 0.286 e. The van der Waals surface area contributed by atoms with Gasteiger partial charge in [0.05, 0.1) is 10.6 Å². The lowest BCUT2D eigenvalue weighted by molar-refractivity contribution is 0.564. The molecule has 5 heteroatoms. The molecule has 0 amide bonds. The van der Waals surface area contributed by atoms with Crippen molar-refractivity contribution in [3.05, 3.63) is 87.8 Å². The number of aryl methyl sites for hydroxylation is 2. The quantitative estimate of drug-likeness (QED) is 0.413. The molecular formula is C23H24N2OS2. The Morgan fingerprint density at radius 3 is 2.36 bits per heavy atom. The number of nitrogens with zero attached hydrogens (tertiary/aromatic N) is 2. The van der Waals surface area contributed by atoms with E-state index in [4.69, 9.17) is 4.98 Å². The Morgan fingerprint density at radius 1 is 1.04 bits per heavy atom. The Balaban J connectivity index is 1.55. The molecule has 0 spiro atoms. The Labute approximate surface area is 174 Å². The molecule has 1 aromatic heterocycles. The number of thioether (sulfide) groups is 2. The van der Waals surface area contributed by atoms with Crippen molar-refractivity contribution in [2.45, 2.75) is 48.0 Å². The number of rotatable bonds is 7. The molecule has 0 bridgehead atoms. The summed E-state index contributed by atoms with van der Waals surface area (Å²) in [6, 6.07) is 20.8. The summed E-state index contributed by atoms with van der Waals surface area (Å²) in [5, 5.41) is 1.30. The summed E-state index contributed by atoms with van der Waals surface area (Å²) in [6.45, 7) is 2.84. The Kier molecular flexibility index (Phi) is 6.23. The normalized spacial score (nSPS) is 15.5. The minimum Gasteiger partial charge on any atom is -0.286 e. The summed E-state index contributed by atoms with van der Waals surface area (Å²) < 4.78 is 1.90. The van der Waals surface area contributed by atoms with E-state index in [0.29, 0.717) is 11.8 Å². The molecule has 144 valence electrons. The van der Waals surface area contributed by atoms with Crippen LogP contribution in [0.4, 0.5) is 0 Å². The van der Waals surface area contributed by atoms with Gasteiger partial charge in [-0.15, -0.1) is 11.8 Å². The van der Waals surface area contributed by atoms with Crippen LogP contribution >= 0.6 is 23.5 Å². The molecule has 3 aromatic rings.